The van der Waals surface area contributed by atoms with Crippen molar-refractivity contribution >= 4 is 5.71 Å². The third-order valence-corrected chi connectivity index (χ3v) is 4.31. The van der Waals surface area contributed by atoms with Crippen LogP contribution in [0.1, 0.15) is 24.3 Å². The quantitative estimate of drug-likeness (QED) is 0.448. The van der Waals surface area contributed by atoms with Crippen LogP contribution < -0.4 is 0 Å². The lowest BCUT2D eigenvalue weighted by Crippen LogP contribution is -2.29. The number of allylic oxidation sites excluding steroid dienone is 5. The molecule has 3 atom stereocenters. The zero-order valence-electron chi connectivity index (χ0n) is 13.3. The lowest BCUT2D eigenvalue weighted by atomic mass is 9.70. The van der Waals surface area contributed by atoms with E-state index in [0.29, 0.717) is 24.1 Å². The van der Waals surface area contributed by atoms with Gasteiger partial charge in [0.2, 0.25) is 0 Å². The summed E-state index contributed by atoms with van der Waals surface area (Å²) in [6.45, 7) is 3.93. The average molecular weight is 314 g/mol. The molecule has 2 rings (SSSR count). The molecular weight excluding hydrogens is 296 g/mol. The molecule has 0 N–H and O–H groups in total. The van der Waals surface area contributed by atoms with Crippen molar-refractivity contribution in [2.45, 2.75) is 18.8 Å². The molecular formula is C20H18N4. The van der Waals surface area contributed by atoms with Crippen molar-refractivity contribution in [2.24, 2.45) is 11.8 Å². The summed E-state index contributed by atoms with van der Waals surface area (Å²) in [5.41, 5.74) is 11.3. The molecule has 0 saturated carbocycles. The highest BCUT2D eigenvalue weighted by molar-refractivity contribution is 5.95. The first-order valence-corrected chi connectivity index (χ1v) is 7.80. The standard InChI is InChI=1S/C20H18N4/c1-15(14-22)20(18-10-5-6-12-19(18)24-23)17(11-7-13-21)16-8-3-2-4-9-16/h2-6,8-10,12,17-18,20H,1,7,11H2. The van der Waals surface area contributed by atoms with E-state index < -0.39 is 0 Å². The van der Waals surface area contributed by atoms with Gasteiger partial charge in [-0.05, 0) is 17.9 Å². The minimum atomic E-state index is -0.266. The summed E-state index contributed by atoms with van der Waals surface area (Å²) < 4.78 is 0. The van der Waals surface area contributed by atoms with Crippen molar-refractivity contribution in [3.63, 3.8) is 0 Å². The molecule has 0 heterocycles. The molecule has 1 aliphatic carbocycles. The van der Waals surface area contributed by atoms with Gasteiger partial charge in [-0.15, -0.1) is 0 Å². The van der Waals surface area contributed by atoms with Crippen LogP contribution in [0.15, 0.2) is 66.8 Å². The molecule has 1 aliphatic rings. The maximum Gasteiger partial charge on any atom is 0.299 e. The van der Waals surface area contributed by atoms with E-state index in [-0.39, 0.29) is 17.8 Å². The molecule has 0 radical (unpaired) electrons. The second-order valence-electron chi connectivity index (χ2n) is 5.67. The van der Waals surface area contributed by atoms with E-state index in [9.17, 15) is 10.8 Å². The molecule has 24 heavy (non-hydrogen) atoms. The topological polar surface area (TPSA) is 84.0 Å². The number of nitrogens with zero attached hydrogens (tertiary/aromatic N) is 4. The number of rotatable bonds is 6. The Morgan fingerprint density at radius 1 is 1.25 bits per heavy atom. The monoisotopic (exact) mass is 314 g/mol. The molecule has 0 aromatic heterocycles. The van der Waals surface area contributed by atoms with Crippen LogP contribution >= 0.6 is 0 Å². The van der Waals surface area contributed by atoms with Crippen molar-refractivity contribution in [1.82, 2.24) is 0 Å². The molecule has 0 spiro atoms. The number of hydrogen-bond acceptors (Lipinski definition) is 2. The fourth-order valence-electron chi connectivity index (χ4n) is 3.21. The van der Waals surface area contributed by atoms with Crippen molar-refractivity contribution in [2.75, 3.05) is 0 Å². The fourth-order valence-corrected chi connectivity index (χ4v) is 3.21. The van der Waals surface area contributed by atoms with E-state index in [2.05, 4.69) is 23.5 Å². The zero-order chi connectivity index (χ0) is 17.4. The summed E-state index contributed by atoms with van der Waals surface area (Å²) in [7, 11) is 0. The number of benzene rings is 1. The van der Waals surface area contributed by atoms with Gasteiger partial charge >= 0.3 is 0 Å². The van der Waals surface area contributed by atoms with Crippen LogP contribution in [0, 0.1) is 34.5 Å². The maximum atomic E-state index is 9.46. The van der Waals surface area contributed by atoms with E-state index in [4.69, 9.17) is 5.26 Å². The van der Waals surface area contributed by atoms with Gasteiger partial charge in [-0.25, -0.2) is 0 Å². The summed E-state index contributed by atoms with van der Waals surface area (Å²) in [4.78, 5) is 3.39. The zero-order valence-corrected chi connectivity index (χ0v) is 13.3. The van der Waals surface area contributed by atoms with Crippen LogP contribution in [0.3, 0.4) is 0 Å². The van der Waals surface area contributed by atoms with Gasteiger partial charge in [-0.3, -0.25) is 0 Å². The smallest absolute Gasteiger partial charge is 0.299 e. The van der Waals surface area contributed by atoms with Crippen LogP contribution in [0.25, 0.3) is 5.53 Å². The molecule has 4 heteroatoms. The van der Waals surface area contributed by atoms with Gasteiger partial charge in [0, 0.05) is 24.0 Å². The molecule has 3 unspecified atom stereocenters. The molecule has 1 aromatic carbocycles. The predicted octanol–water partition coefficient (Wildman–Crippen LogP) is 4.18. The Kier molecular flexibility index (Phi) is 6.03. The summed E-state index contributed by atoms with van der Waals surface area (Å²) in [5, 5.41) is 18.5. The molecule has 0 aliphatic heterocycles. The minimum Gasteiger partial charge on any atom is -0.361 e. The Morgan fingerprint density at radius 2 is 2.00 bits per heavy atom. The highest BCUT2D eigenvalue weighted by Gasteiger charge is 2.37. The third kappa shape index (κ3) is 3.76. The Labute approximate surface area is 142 Å². The molecule has 0 saturated heterocycles. The van der Waals surface area contributed by atoms with Crippen molar-refractivity contribution < 1.29 is 4.79 Å². The number of hydrogen-bond donors (Lipinski definition) is 0. The van der Waals surface area contributed by atoms with Crippen LogP contribution in [-0.4, -0.2) is 10.5 Å². The van der Waals surface area contributed by atoms with E-state index in [1.165, 1.54) is 0 Å². The Balaban J connectivity index is 2.51. The van der Waals surface area contributed by atoms with Crippen molar-refractivity contribution in [1.29, 1.82) is 10.5 Å². The first-order chi connectivity index (χ1) is 11.7. The molecule has 118 valence electrons. The van der Waals surface area contributed by atoms with Gasteiger partial charge in [-0.2, -0.15) is 15.3 Å². The lowest BCUT2D eigenvalue weighted by molar-refractivity contribution is -0.0111. The van der Waals surface area contributed by atoms with E-state index >= 15 is 0 Å². The molecule has 0 bridgehead atoms. The summed E-state index contributed by atoms with van der Waals surface area (Å²) >= 11 is 0. The van der Waals surface area contributed by atoms with Gasteiger partial charge in [0.05, 0.1) is 18.1 Å². The van der Waals surface area contributed by atoms with Gasteiger partial charge in [0.15, 0.2) is 0 Å². The summed E-state index contributed by atoms with van der Waals surface area (Å²) in [6, 6.07) is 14.2. The Bertz CT molecular complexity index is 783. The van der Waals surface area contributed by atoms with E-state index in [1.54, 1.807) is 12.2 Å². The van der Waals surface area contributed by atoms with E-state index in [1.807, 2.05) is 42.5 Å². The van der Waals surface area contributed by atoms with Gasteiger partial charge in [0.1, 0.15) is 0 Å². The third-order valence-electron chi connectivity index (χ3n) is 4.31. The van der Waals surface area contributed by atoms with Gasteiger partial charge < -0.3 is 5.53 Å². The largest absolute Gasteiger partial charge is 0.361 e. The fraction of sp³-hybridized carbons (Fsp3) is 0.250. The molecule has 1 aromatic rings. The van der Waals surface area contributed by atoms with Gasteiger partial charge in [-0.1, -0.05) is 55.1 Å². The molecule has 0 fully saturated rings. The Morgan fingerprint density at radius 3 is 2.62 bits per heavy atom. The normalized spacial score (nSPS) is 18.1. The molecule has 4 nitrogen and oxygen atoms in total. The predicted molar refractivity (Wildman–Crippen MR) is 92.7 cm³/mol. The second-order valence-corrected chi connectivity index (χ2v) is 5.67. The summed E-state index contributed by atoms with van der Waals surface area (Å²) in [6.07, 6.45) is 8.32. The van der Waals surface area contributed by atoms with Crippen LogP contribution in [0.2, 0.25) is 0 Å². The van der Waals surface area contributed by atoms with Crippen LogP contribution in [-0.2, 0) is 0 Å². The highest BCUT2D eigenvalue weighted by Crippen LogP contribution is 2.40. The Hall–Kier alpha value is -3.20. The van der Waals surface area contributed by atoms with Crippen LogP contribution in [0.4, 0.5) is 0 Å². The van der Waals surface area contributed by atoms with E-state index in [0.717, 1.165) is 5.56 Å². The van der Waals surface area contributed by atoms with Crippen molar-refractivity contribution in [3.05, 3.63) is 77.9 Å². The van der Waals surface area contributed by atoms with Gasteiger partial charge in [0.25, 0.3) is 5.71 Å². The first-order valence-electron chi connectivity index (χ1n) is 7.80. The molecule has 0 amide bonds. The maximum absolute atomic E-state index is 9.46. The van der Waals surface area contributed by atoms with Crippen LogP contribution in [0.5, 0.6) is 0 Å². The number of nitriles is 2. The first kappa shape index (κ1) is 17.2. The minimum absolute atomic E-state index is 0.0594. The second kappa shape index (κ2) is 8.44. The lowest BCUT2D eigenvalue weighted by Gasteiger charge is -2.30. The highest BCUT2D eigenvalue weighted by atomic mass is 14.9. The van der Waals surface area contributed by atoms with Crippen molar-refractivity contribution in [3.8, 4) is 12.1 Å². The summed E-state index contributed by atoms with van der Waals surface area (Å²) in [5.74, 6) is -0.579. The average Bonchev–Trinajstić information content (AvgIpc) is 2.65. The SMILES string of the molecule is C=C(C#N)C(C1C=CC=CC1=[N+]=[N-])C(CCC#N)c1ccccc1.